The summed E-state index contributed by atoms with van der Waals surface area (Å²) in [7, 11) is 3.12. The highest BCUT2D eigenvalue weighted by Gasteiger charge is 2.34. The molecule has 3 aromatic rings. The Morgan fingerprint density at radius 3 is 2.59 bits per heavy atom. The van der Waals surface area contributed by atoms with Crippen molar-refractivity contribution >= 4 is 23.2 Å². The zero-order valence-corrected chi connectivity index (χ0v) is 20.6. The second-order valence-electron chi connectivity index (χ2n) is 8.37. The second-order valence-corrected chi connectivity index (χ2v) is 9.37. The minimum absolute atomic E-state index is 0.0257. The fourth-order valence-electron chi connectivity index (χ4n) is 4.39. The molecule has 0 saturated carbocycles. The van der Waals surface area contributed by atoms with E-state index in [2.05, 4.69) is 42.6 Å². The third-order valence-electron chi connectivity index (χ3n) is 6.20. The Kier molecular flexibility index (Phi) is 7.65. The molecular formula is C27H30N2O4S. The molecule has 0 saturated heterocycles. The standard InChI is InChI=1S/C27H30N2O4S/c1-19-8-10-20(11-9-19)26-22-13-17-34-24(22)12-14-29(26)25(30)18-28(15-16-32-2)27(31)21-6-4-5-7-23(21)33-3/h4-11,13,17,26H,12,14-16,18H2,1-3H3. The largest absolute Gasteiger partial charge is 0.496 e. The molecule has 0 radical (unpaired) electrons. The van der Waals surface area contributed by atoms with Gasteiger partial charge in [-0.1, -0.05) is 42.0 Å². The molecule has 1 aliphatic heterocycles. The summed E-state index contributed by atoms with van der Waals surface area (Å²) in [6.07, 6.45) is 0.819. The molecule has 0 N–H and O–H groups in total. The number of benzene rings is 2. The molecule has 4 rings (SSSR count). The third-order valence-corrected chi connectivity index (χ3v) is 7.19. The van der Waals surface area contributed by atoms with Gasteiger partial charge < -0.3 is 19.3 Å². The van der Waals surface area contributed by atoms with Crippen LogP contribution < -0.4 is 4.74 Å². The number of fused-ring (bicyclic) bond motifs is 1. The van der Waals surface area contributed by atoms with Crippen LogP contribution in [-0.2, 0) is 16.0 Å². The van der Waals surface area contributed by atoms with Gasteiger partial charge in [0.05, 0.1) is 25.3 Å². The maximum Gasteiger partial charge on any atom is 0.258 e. The van der Waals surface area contributed by atoms with Crippen LogP contribution in [0.5, 0.6) is 5.75 Å². The van der Waals surface area contributed by atoms with Crippen molar-refractivity contribution in [3.63, 3.8) is 0 Å². The molecule has 7 heteroatoms. The Morgan fingerprint density at radius 2 is 1.85 bits per heavy atom. The van der Waals surface area contributed by atoms with Crippen molar-refractivity contribution in [2.24, 2.45) is 0 Å². The molecule has 6 nitrogen and oxygen atoms in total. The van der Waals surface area contributed by atoms with E-state index in [0.717, 1.165) is 12.0 Å². The van der Waals surface area contributed by atoms with Crippen molar-refractivity contribution in [2.45, 2.75) is 19.4 Å². The van der Waals surface area contributed by atoms with Gasteiger partial charge in [-0.05, 0) is 48.1 Å². The molecule has 0 aliphatic carbocycles. The number of thiophene rings is 1. The number of methoxy groups -OCH3 is 2. The maximum absolute atomic E-state index is 13.7. The minimum atomic E-state index is -0.247. The first-order chi connectivity index (χ1) is 16.5. The van der Waals surface area contributed by atoms with Crippen molar-refractivity contribution in [2.75, 3.05) is 40.5 Å². The Bertz CT molecular complexity index is 1140. The van der Waals surface area contributed by atoms with Gasteiger partial charge in [-0.15, -0.1) is 11.3 Å². The first kappa shape index (κ1) is 24.0. The quantitative estimate of drug-likeness (QED) is 0.484. The molecule has 1 atom stereocenters. The van der Waals surface area contributed by atoms with Gasteiger partial charge in [0.25, 0.3) is 5.91 Å². The van der Waals surface area contributed by atoms with E-state index in [1.165, 1.54) is 23.1 Å². The van der Waals surface area contributed by atoms with Crippen LogP contribution in [0.1, 0.15) is 38.0 Å². The molecule has 0 spiro atoms. The highest BCUT2D eigenvalue weighted by molar-refractivity contribution is 7.10. The lowest BCUT2D eigenvalue weighted by atomic mass is 9.92. The normalized spacial score (nSPS) is 15.0. The zero-order chi connectivity index (χ0) is 24.1. The van der Waals surface area contributed by atoms with Crippen LogP contribution in [0.3, 0.4) is 0 Å². The molecule has 0 bridgehead atoms. The van der Waals surface area contributed by atoms with Crippen LogP contribution >= 0.6 is 11.3 Å². The Balaban J connectivity index is 1.62. The summed E-state index contributed by atoms with van der Waals surface area (Å²) in [4.78, 5) is 31.9. The average Bonchev–Trinajstić information content (AvgIpc) is 3.35. The van der Waals surface area contributed by atoms with Crippen LogP contribution in [0.25, 0.3) is 0 Å². The number of ether oxygens (including phenoxy) is 2. The number of hydrogen-bond donors (Lipinski definition) is 0. The molecule has 1 unspecified atom stereocenters. The number of carbonyl (C=O) groups excluding carboxylic acids is 2. The fourth-order valence-corrected chi connectivity index (χ4v) is 5.30. The first-order valence-corrected chi connectivity index (χ1v) is 12.2. The SMILES string of the molecule is COCCN(CC(=O)N1CCc2sccc2C1c1ccc(C)cc1)C(=O)c1ccccc1OC. The topological polar surface area (TPSA) is 59.1 Å². The van der Waals surface area contributed by atoms with Crippen LogP contribution in [0.4, 0.5) is 0 Å². The van der Waals surface area contributed by atoms with E-state index < -0.39 is 0 Å². The summed E-state index contributed by atoms with van der Waals surface area (Å²) in [6.45, 7) is 3.30. The monoisotopic (exact) mass is 478 g/mol. The number of carbonyl (C=O) groups is 2. The number of nitrogens with zero attached hydrogens (tertiary/aromatic N) is 2. The van der Waals surface area contributed by atoms with E-state index in [9.17, 15) is 9.59 Å². The average molecular weight is 479 g/mol. The maximum atomic E-state index is 13.7. The van der Waals surface area contributed by atoms with Gasteiger partial charge >= 0.3 is 0 Å². The van der Waals surface area contributed by atoms with E-state index >= 15 is 0 Å². The molecule has 2 aromatic carbocycles. The molecule has 1 aromatic heterocycles. The lowest BCUT2D eigenvalue weighted by molar-refractivity contribution is -0.134. The lowest BCUT2D eigenvalue weighted by Gasteiger charge is -2.37. The Labute approximate surface area is 204 Å². The zero-order valence-electron chi connectivity index (χ0n) is 19.8. The van der Waals surface area contributed by atoms with E-state index in [0.29, 0.717) is 31.0 Å². The number of hydrogen-bond acceptors (Lipinski definition) is 5. The molecule has 34 heavy (non-hydrogen) atoms. The Morgan fingerprint density at radius 1 is 1.09 bits per heavy atom. The predicted molar refractivity (Wildman–Crippen MR) is 134 cm³/mol. The van der Waals surface area contributed by atoms with Gasteiger partial charge in [-0.25, -0.2) is 0 Å². The van der Waals surface area contributed by atoms with E-state index in [1.807, 2.05) is 11.0 Å². The molecule has 0 fully saturated rings. The highest BCUT2D eigenvalue weighted by atomic mass is 32.1. The molecule has 1 aliphatic rings. The Hall–Kier alpha value is -3.16. The van der Waals surface area contributed by atoms with Gasteiger partial charge in [0.2, 0.25) is 5.91 Å². The first-order valence-electron chi connectivity index (χ1n) is 11.4. The minimum Gasteiger partial charge on any atom is -0.496 e. The van der Waals surface area contributed by atoms with Gasteiger partial charge in [0, 0.05) is 25.1 Å². The van der Waals surface area contributed by atoms with Crippen molar-refractivity contribution in [3.05, 3.63) is 87.1 Å². The van der Waals surface area contributed by atoms with Gasteiger partial charge in [-0.2, -0.15) is 0 Å². The van der Waals surface area contributed by atoms with E-state index in [4.69, 9.17) is 9.47 Å². The predicted octanol–water partition coefficient (Wildman–Crippen LogP) is 4.33. The van der Waals surface area contributed by atoms with Crippen LogP contribution in [-0.4, -0.2) is 62.1 Å². The number of para-hydroxylation sites is 1. The summed E-state index contributed by atoms with van der Waals surface area (Å²) in [5.41, 5.74) is 3.87. The summed E-state index contributed by atoms with van der Waals surface area (Å²) in [5.74, 6) is 0.158. The van der Waals surface area contributed by atoms with Crippen LogP contribution in [0.15, 0.2) is 60.0 Å². The number of aryl methyl sites for hydroxylation is 1. The number of amides is 2. The summed E-state index contributed by atoms with van der Waals surface area (Å²) >= 11 is 1.74. The van der Waals surface area contributed by atoms with Gasteiger partial charge in [0.15, 0.2) is 0 Å². The molecule has 2 heterocycles. The van der Waals surface area contributed by atoms with Crippen molar-refractivity contribution in [1.29, 1.82) is 0 Å². The summed E-state index contributed by atoms with van der Waals surface area (Å²) in [6, 6.07) is 17.4. The molecule has 178 valence electrons. The van der Waals surface area contributed by atoms with E-state index in [-0.39, 0.29) is 24.4 Å². The van der Waals surface area contributed by atoms with Crippen molar-refractivity contribution in [3.8, 4) is 5.75 Å². The fraction of sp³-hybridized carbons (Fsp3) is 0.333. The summed E-state index contributed by atoms with van der Waals surface area (Å²) in [5, 5.41) is 2.09. The van der Waals surface area contributed by atoms with Crippen molar-refractivity contribution < 1.29 is 19.1 Å². The van der Waals surface area contributed by atoms with E-state index in [1.54, 1.807) is 41.5 Å². The second kappa shape index (κ2) is 10.8. The van der Waals surface area contributed by atoms with Gasteiger partial charge in [-0.3, -0.25) is 9.59 Å². The highest BCUT2D eigenvalue weighted by Crippen LogP contribution is 2.38. The smallest absolute Gasteiger partial charge is 0.258 e. The van der Waals surface area contributed by atoms with Crippen LogP contribution in [0.2, 0.25) is 0 Å². The molecule has 2 amide bonds. The summed E-state index contributed by atoms with van der Waals surface area (Å²) < 4.78 is 10.6. The van der Waals surface area contributed by atoms with Crippen LogP contribution in [0, 0.1) is 6.92 Å². The van der Waals surface area contributed by atoms with Gasteiger partial charge in [0.1, 0.15) is 12.3 Å². The van der Waals surface area contributed by atoms with Crippen molar-refractivity contribution in [1.82, 2.24) is 9.80 Å². The molecular weight excluding hydrogens is 448 g/mol. The third kappa shape index (κ3) is 5.00. The number of rotatable bonds is 8. The lowest BCUT2D eigenvalue weighted by Crippen LogP contribution is -2.47.